The maximum atomic E-state index is 6.20. The number of aryl methyl sites for hydroxylation is 1. The topological polar surface area (TPSA) is 59.1 Å². The minimum absolute atomic E-state index is 0.447. The van der Waals surface area contributed by atoms with E-state index in [-0.39, 0.29) is 0 Å². The van der Waals surface area contributed by atoms with Crippen LogP contribution in [0.2, 0.25) is 10.0 Å². The zero-order valence-electron chi connectivity index (χ0n) is 12.8. The molecule has 0 aliphatic carbocycles. The molecular weight excluding hydrogens is 367 g/mol. The summed E-state index contributed by atoms with van der Waals surface area (Å²) in [4.78, 5) is 0. The van der Waals surface area contributed by atoms with Crippen molar-refractivity contribution >= 4 is 41.6 Å². The van der Waals surface area contributed by atoms with Gasteiger partial charge in [0, 0.05) is 17.0 Å². The van der Waals surface area contributed by atoms with E-state index in [9.17, 15) is 0 Å². The van der Waals surface area contributed by atoms with Crippen molar-refractivity contribution in [1.82, 2.24) is 14.9 Å². The molecule has 2 heterocycles. The largest absolute Gasteiger partial charge is 0.455 e. The van der Waals surface area contributed by atoms with E-state index in [0.717, 1.165) is 24.2 Å². The quantitative estimate of drug-likeness (QED) is 0.479. The molecule has 2 aromatic heterocycles. The van der Waals surface area contributed by atoms with Crippen LogP contribution in [0.5, 0.6) is 0 Å². The molecule has 0 fully saturated rings. The average molecular weight is 381 g/mol. The summed E-state index contributed by atoms with van der Waals surface area (Å²) in [6.07, 6.45) is 3.33. The van der Waals surface area contributed by atoms with Crippen LogP contribution in [-0.2, 0) is 6.42 Å². The van der Waals surface area contributed by atoms with E-state index >= 15 is 0 Å². The highest BCUT2D eigenvalue weighted by molar-refractivity contribution is 7.71. The summed E-state index contributed by atoms with van der Waals surface area (Å²) >= 11 is 17.3. The molecule has 5 nitrogen and oxygen atoms in total. The van der Waals surface area contributed by atoms with Crippen LogP contribution < -0.4 is 0 Å². The van der Waals surface area contributed by atoms with Gasteiger partial charge in [0.05, 0.1) is 11.2 Å². The Morgan fingerprint density at radius 1 is 1.33 bits per heavy atom. The number of rotatable bonds is 5. The number of aromatic amines is 1. The number of hydrogen-bond donors (Lipinski definition) is 1. The molecule has 3 aromatic rings. The smallest absolute Gasteiger partial charge is 0.216 e. The van der Waals surface area contributed by atoms with Gasteiger partial charge in [-0.3, -0.25) is 5.10 Å². The van der Waals surface area contributed by atoms with E-state index in [0.29, 0.717) is 26.3 Å². The molecule has 124 valence electrons. The normalized spacial score (nSPS) is 11.5. The van der Waals surface area contributed by atoms with Crippen molar-refractivity contribution in [3.05, 3.63) is 56.7 Å². The van der Waals surface area contributed by atoms with Gasteiger partial charge in [-0.2, -0.15) is 14.9 Å². The van der Waals surface area contributed by atoms with Crippen molar-refractivity contribution in [2.24, 2.45) is 5.10 Å². The summed E-state index contributed by atoms with van der Waals surface area (Å²) < 4.78 is 7.81. The number of benzene rings is 1. The Labute approximate surface area is 153 Å². The van der Waals surface area contributed by atoms with E-state index in [1.54, 1.807) is 23.0 Å². The Morgan fingerprint density at radius 2 is 2.17 bits per heavy atom. The van der Waals surface area contributed by atoms with Crippen LogP contribution >= 0.6 is 35.4 Å². The van der Waals surface area contributed by atoms with Gasteiger partial charge in [0.15, 0.2) is 5.82 Å². The fourth-order valence-electron chi connectivity index (χ4n) is 2.20. The third-order valence-corrected chi connectivity index (χ3v) is 4.13. The molecule has 8 heteroatoms. The van der Waals surface area contributed by atoms with Gasteiger partial charge in [0.2, 0.25) is 4.77 Å². The van der Waals surface area contributed by atoms with E-state index in [1.165, 1.54) is 0 Å². The molecule has 0 saturated heterocycles. The van der Waals surface area contributed by atoms with Crippen molar-refractivity contribution in [1.29, 1.82) is 0 Å². The van der Waals surface area contributed by atoms with E-state index in [4.69, 9.17) is 39.8 Å². The highest BCUT2D eigenvalue weighted by atomic mass is 35.5. The maximum Gasteiger partial charge on any atom is 0.216 e. The van der Waals surface area contributed by atoms with Gasteiger partial charge in [0.25, 0.3) is 0 Å². The summed E-state index contributed by atoms with van der Waals surface area (Å²) in [7, 11) is 0. The third-order valence-electron chi connectivity index (χ3n) is 3.31. The number of nitrogens with one attached hydrogen (secondary N) is 1. The molecule has 0 saturated carbocycles. The zero-order valence-corrected chi connectivity index (χ0v) is 15.1. The summed E-state index contributed by atoms with van der Waals surface area (Å²) in [6, 6.07) is 8.90. The zero-order chi connectivity index (χ0) is 17.1. The lowest BCUT2D eigenvalue weighted by atomic mass is 10.2. The predicted octanol–water partition coefficient (Wildman–Crippen LogP) is 5.34. The molecule has 0 unspecified atom stereocenters. The van der Waals surface area contributed by atoms with Crippen molar-refractivity contribution in [3.63, 3.8) is 0 Å². The minimum atomic E-state index is 0.447. The first-order valence-corrected chi connectivity index (χ1v) is 8.51. The van der Waals surface area contributed by atoms with Crippen LogP contribution in [0.1, 0.15) is 24.9 Å². The highest BCUT2D eigenvalue weighted by Gasteiger charge is 2.09. The molecule has 0 spiro atoms. The predicted molar refractivity (Wildman–Crippen MR) is 98.6 cm³/mol. The van der Waals surface area contributed by atoms with Gasteiger partial charge < -0.3 is 4.42 Å². The fourth-order valence-corrected chi connectivity index (χ4v) is 2.90. The summed E-state index contributed by atoms with van der Waals surface area (Å²) in [6.45, 7) is 2.07. The van der Waals surface area contributed by atoms with Crippen molar-refractivity contribution in [2.75, 3.05) is 0 Å². The number of halogens is 2. The standard InChI is InChI=1S/C16H14Cl2N4OS/c1-2-3-15-20-21-16(24)22(15)19-9-11-5-7-14(23-11)12-6-4-10(17)8-13(12)18/h4-9H,2-3H2,1H3,(H,21,24)/b19-9+. The fraction of sp³-hybridized carbons (Fsp3) is 0.188. The first-order valence-electron chi connectivity index (χ1n) is 7.34. The maximum absolute atomic E-state index is 6.20. The summed E-state index contributed by atoms with van der Waals surface area (Å²) in [5, 5.41) is 12.4. The highest BCUT2D eigenvalue weighted by Crippen LogP contribution is 2.31. The molecule has 0 aliphatic heterocycles. The van der Waals surface area contributed by atoms with Crippen molar-refractivity contribution in [3.8, 4) is 11.3 Å². The lowest BCUT2D eigenvalue weighted by molar-refractivity contribution is 0.574. The van der Waals surface area contributed by atoms with Crippen LogP contribution in [0.25, 0.3) is 11.3 Å². The Balaban J connectivity index is 1.86. The molecule has 0 amide bonds. The van der Waals surface area contributed by atoms with Gasteiger partial charge in [-0.25, -0.2) is 0 Å². The molecule has 1 aromatic carbocycles. The summed E-state index contributed by atoms with van der Waals surface area (Å²) in [5.74, 6) is 2.01. The van der Waals surface area contributed by atoms with Crippen LogP contribution in [0.15, 0.2) is 39.9 Å². The first-order chi connectivity index (χ1) is 11.6. The number of furan rings is 1. The minimum Gasteiger partial charge on any atom is -0.455 e. The Kier molecular flexibility index (Phi) is 5.18. The number of aromatic nitrogens is 3. The average Bonchev–Trinajstić information content (AvgIpc) is 3.13. The molecule has 24 heavy (non-hydrogen) atoms. The third kappa shape index (κ3) is 3.61. The van der Waals surface area contributed by atoms with E-state index in [1.807, 2.05) is 18.2 Å². The SMILES string of the molecule is CCCc1n[nH]c(=S)n1/N=C/c1ccc(-c2ccc(Cl)cc2Cl)o1. The molecule has 1 N–H and O–H groups in total. The second-order valence-corrected chi connectivity index (χ2v) is 6.31. The molecule has 0 atom stereocenters. The Bertz CT molecular complexity index is 942. The molecule has 3 rings (SSSR count). The van der Waals surface area contributed by atoms with Crippen molar-refractivity contribution in [2.45, 2.75) is 19.8 Å². The molecule has 0 radical (unpaired) electrons. The molecule has 0 bridgehead atoms. The lowest BCUT2D eigenvalue weighted by Gasteiger charge is -2.00. The van der Waals surface area contributed by atoms with Gasteiger partial charge >= 0.3 is 0 Å². The van der Waals surface area contributed by atoms with Crippen LogP contribution in [0.4, 0.5) is 0 Å². The van der Waals surface area contributed by atoms with E-state index in [2.05, 4.69) is 22.2 Å². The van der Waals surface area contributed by atoms with Gasteiger partial charge in [0.1, 0.15) is 11.5 Å². The van der Waals surface area contributed by atoms with Gasteiger partial charge in [-0.15, -0.1) is 0 Å². The van der Waals surface area contributed by atoms with Crippen LogP contribution in [0, 0.1) is 4.77 Å². The number of H-pyrrole nitrogens is 1. The number of hydrogen-bond acceptors (Lipinski definition) is 4. The first kappa shape index (κ1) is 17.0. The Morgan fingerprint density at radius 3 is 2.92 bits per heavy atom. The monoisotopic (exact) mass is 380 g/mol. The van der Waals surface area contributed by atoms with Crippen LogP contribution in [-0.4, -0.2) is 21.1 Å². The molecular formula is C16H14Cl2N4OS. The second-order valence-electron chi connectivity index (χ2n) is 5.08. The molecule has 0 aliphatic rings. The lowest BCUT2D eigenvalue weighted by Crippen LogP contribution is -1.98. The van der Waals surface area contributed by atoms with Crippen molar-refractivity contribution < 1.29 is 4.42 Å². The second kappa shape index (κ2) is 7.34. The van der Waals surface area contributed by atoms with Gasteiger partial charge in [-0.05, 0) is 49.0 Å². The Hall–Kier alpha value is -1.89. The van der Waals surface area contributed by atoms with Gasteiger partial charge in [-0.1, -0.05) is 30.1 Å². The van der Waals surface area contributed by atoms with Crippen LogP contribution in [0.3, 0.4) is 0 Å². The van der Waals surface area contributed by atoms with E-state index < -0.39 is 0 Å². The summed E-state index contributed by atoms with van der Waals surface area (Å²) in [5.41, 5.74) is 0.771. The number of nitrogens with zero attached hydrogens (tertiary/aromatic N) is 3.